The van der Waals surface area contributed by atoms with E-state index < -0.39 is 34.4 Å². The van der Waals surface area contributed by atoms with Gasteiger partial charge in [-0.15, -0.1) is 4.28 Å². The van der Waals surface area contributed by atoms with Gasteiger partial charge in [-0.2, -0.15) is 13.5 Å². The average Bonchev–Trinajstić information content (AvgIpc) is 2.81. The molecule has 3 heterocycles. The SMILES string of the molecule is O=C(NOCCN1CCCNCC1)[C@@H]1CC[C@@H]2CN1C(=O)N2OS(=O)(=O)O. The second kappa shape index (κ2) is 8.67. The third kappa shape index (κ3) is 5.27. The van der Waals surface area contributed by atoms with Crippen molar-refractivity contribution in [1.29, 1.82) is 0 Å². The molecule has 2 bridgehead atoms. The number of nitrogens with one attached hydrogen (secondary N) is 2. The highest BCUT2D eigenvalue weighted by Crippen LogP contribution is 2.30. The molecule has 3 fully saturated rings. The Morgan fingerprint density at radius 1 is 1.30 bits per heavy atom. The van der Waals surface area contributed by atoms with Crippen LogP contribution in [0.5, 0.6) is 0 Å². The van der Waals surface area contributed by atoms with E-state index in [1.54, 1.807) is 0 Å². The minimum atomic E-state index is -4.80. The molecule has 3 amide bonds. The van der Waals surface area contributed by atoms with Gasteiger partial charge in [-0.3, -0.25) is 19.1 Å². The van der Waals surface area contributed by atoms with Crippen molar-refractivity contribution in [2.24, 2.45) is 0 Å². The van der Waals surface area contributed by atoms with Crippen molar-refractivity contribution in [3.8, 4) is 0 Å². The minimum absolute atomic E-state index is 0.146. The number of urea groups is 1. The number of rotatable bonds is 7. The van der Waals surface area contributed by atoms with E-state index in [1.807, 2.05) is 0 Å². The lowest BCUT2D eigenvalue weighted by Gasteiger charge is -2.29. The molecule has 0 aromatic rings. The smallest absolute Gasteiger partial charge is 0.315 e. The summed E-state index contributed by atoms with van der Waals surface area (Å²) in [6.07, 6.45) is 1.78. The van der Waals surface area contributed by atoms with Gasteiger partial charge in [-0.1, -0.05) is 0 Å². The lowest BCUT2D eigenvalue weighted by atomic mass is 10.0. The molecule has 3 aliphatic rings. The fraction of sp³-hybridized carbons (Fsp3) is 0.857. The number of hydrogen-bond donors (Lipinski definition) is 3. The second-order valence-electron chi connectivity index (χ2n) is 6.77. The molecule has 3 saturated heterocycles. The number of fused-ring (bicyclic) bond motifs is 2. The van der Waals surface area contributed by atoms with Crippen LogP contribution in [0.15, 0.2) is 0 Å². The maximum Gasteiger partial charge on any atom is 0.418 e. The largest absolute Gasteiger partial charge is 0.418 e. The summed E-state index contributed by atoms with van der Waals surface area (Å²) in [5.74, 6) is -0.465. The fourth-order valence-corrected chi connectivity index (χ4v) is 3.98. The van der Waals surface area contributed by atoms with Gasteiger partial charge in [-0.05, 0) is 32.4 Å². The molecule has 0 spiro atoms. The van der Waals surface area contributed by atoms with Crippen LogP contribution in [0.25, 0.3) is 0 Å². The number of piperidine rings is 1. The highest BCUT2D eigenvalue weighted by atomic mass is 32.3. The number of hydrogen-bond acceptors (Lipinski definition) is 8. The summed E-state index contributed by atoms with van der Waals surface area (Å²) >= 11 is 0. The van der Waals surface area contributed by atoms with E-state index in [0.29, 0.717) is 31.1 Å². The molecule has 0 unspecified atom stereocenters. The van der Waals surface area contributed by atoms with Gasteiger partial charge in [-0.25, -0.2) is 10.3 Å². The number of carbonyl (C=O) groups is 2. The zero-order valence-corrected chi connectivity index (χ0v) is 15.7. The first kappa shape index (κ1) is 20.2. The zero-order valence-electron chi connectivity index (χ0n) is 14.9. The number of carbonyl (C=O) groups excluding carboxylic acids is 2. The minimum Gasteiger partial charge on any atom is -0.315 e. The zero-order chi connectivity index (χ0) is 19.4. The van der Waals surface area contributed by atoms with E-state index >= 15 is 0 Å². The Balaban J connectivity index is 1.44. The van der Waals surface area contributed by atoms with Crippen LogP contribution in [0.3, 0.4) is 0 Å². The molecule has 3 aliphatic heterocycles. The van der Waals surface area contributed by atoms with Gasteiger partial charge in [0.2, 0.25) is 0 Å². The van der Waals surface area contributed by atoms with Gasteiger partial charge in [0, 0.05) is 26.2 Å². The van der Waals surface area contributed by atoms with Crippen LogP contribution >= 0.6 is 0 Å². The van der Waals surface area contributed by atoms with E-state index in [4.69, 9.17) is 9.39 Å². The van der Waals surface area contributed by atoms with E-state index in [1.165, 1.54) is 4.90 Å². The van der Waals surface area contributed by atoms with Gasteiger partial charge in [0.15, 0.2) is 0 Å². The highest BCUT2D eigenvalue weighted by molar-refractivity contribution is 7.80. The molecule has 0 aromatic heterocycles. The van der Waals surface area contributed by atoms with Crippen LogP contribution in [0.2, 0.25) is 0 Å². The lowest BCUT2D eigenvalue weighted by molar-refractivity contribution is -0.139. The van der Waals surface area contributed by atoms with Gasteiger partial charge in [0.05, 0.1) is 12.6 Å². The molecule has 3 rings (SSSR count). The first-order valence-corrected chi connectivity index (χ1v) is 10.3. The maximum atomic E-state index is 12.3. The molecule has 154 valence electrons. The molecule has 3 N–H and O–H groups in total. The van der Waals surface area contributed by atoms with Crippen LogP contribution in [0.4, 0.5) is 4.79 Å². The number of hydroxylamine groups is 3. The van der Waals surface area contributed by atoms with Crippen LogP contribution in [-0.4, -0.2) is 97.7 Å². The molecule has 12 nitrogen and oxygen atoms in total. The molecule has 0 aromatic carbocycles. The Bertz CT molecular complexity index is 652. The number of amides is 3. The van der Waals surface area contributed by atoms with Crippen molar-refractivity contribution in [2.45, 2.75) is 31.3 Å². The predicted molar refractivity (Wildman–Crippen MR) is 91.4 cm³/mol. The molecular weight excluding hydrogens is 382 g/mol. The van der Waals surface area contributed by atoms with Crippen molar-refractivity contribution >= 4 is 22.3 Å². The van der Waals surface area contributed by atoms with Gasteiger partial charge < -0.3 is 10.2 Å². The van der Waals surface area contributed by atoms with E-state index in [-0.39, 0.29) is 6.54 Å². The number of nitrogens with zero attached hydrogens (tertiary/aromatic N) is 3. The van der Waals surface area contributed by atoms with Crippen LogP contribution in [-0.2, 0) is 24.3 Å². The Morgan fingerprint density at radius 2 is 2.11 bits per heavy atom. The van der Waals surface area contributed by atoms with Crippen LogP contribution in [0.1, 0.15) is 19.3 Å². The van der Waals surface area contributed by atoms with Crippen molar-refractivity contribution in [3.63, 3.8) is 0 Å². The second-order valence-corrected chi connectivity index (χ2v) is 7.77. The molecule has 2 atom stereocenters. The van der Waals surface area contributed by atoms with E-state index in [2.05, 4.69) is 20.0 Å². The lowest BCUT2D eigenvalue weighted by Crippen LogP contribution is -2.50. The molecular formula is C14H25N5O7S. The van der Waals surface area contributed by atoms with Crippen molar-refractivity contribution < 1.29 is 31.7 Å². The third-order valence-corrected chi connectivity index (χ3v) is 5.26. The normalized spacial score (nSPS) is 26.9. The van der Waals surface area contributed by atoms with Crippen LogP contribution in [0, 0.1) is 0 Å². The van der Waals surface area contributed by atoms with Gasteiger partial charge in [0.25, 0.3) is 5.91 Å². The third-order valence-electron chi connectivity index (χ3n) is 4.92. The molecule has 0 radical (unpaired) electrons. The summed E-state index contributed by atoms with van der Waals surface area (Å²) in [6, 6.07) is -2.07. The highest BCUT2D eigenvalue weighted by Gasteiger charge is 2.49. The summed E-state index contributed by atoms with van der Waals surface area (Å²) in [7, 11) is -4.80. The standard InChI is InChI=1S/C14H25N5O7S/c20-13(16-25-9-8-17-6-1-4-15-5-7-17)12-3-2-11-10-18(12)14(21)19(11)26-27(22,23)24/h11-12,15H,1-10H2,(H,16,20)(H,22,23,24)/t11-,12+/m1/s1. The molecule has 0 aliphatic carbocycles. The molecule has 0 saturated carbocycles. The Hall–Kier alpha value is -1.51. The average molecular weight is 407 g/mol. The van der Waals surface area contributed by atoms with Crippen LogP contribution < -0.4 is 10.8 Å². The summed E-state index contributed by atoms with van der Waals surface area (Å²) in [5, 5.41) is 3.92. The predicted octanol–water partition coefficient (Wildman–Crippen LogP) is -1.67. The quantitative estimate of drug-likeness (QED) is 0.257. The summed E-state index contributed by atoms with van der Waals surface area (Å²) < 4.78 is 34.9. The van der Waals surface area contributed by atoms with Crippen molar-refractivity contribution in [2.75, 3.05) is 45.9 Å². The van der Waals surface area contributed by atoms with Crippen molar-refractivity contribution in [1.82, 2.24) is 25.7 Å². The van der Waals surface area contributed by atoms with E-state index in [0.717, 1.165) is 32.6 Å². The maximum absolute atomic E-state index is 12.3. The fourth-order valence-electron chi connectivity index (χ4n) is 3.59. The first-order valence-electron chi connectivity index (χ1n) is 8.97. The molecule has 27 heavy (non-hydrogen) atoms. The summed E-state index contributed by atoms with van der Waals surface area (Å²) in [5.41, 5.74) is 2.37. The Labute approximate surface area is 157 Å². The first-order chi connectivity index (χ1) is 12.8. The summed E-state index contributed by atoms with van der Waals surface area (Å²) in [6.45, 7) is 4.98. The summed E-state index contributed by atoms with van der Waals surface area (Å²) in [4.78, 5) is 33.3. The van der Waals surface area contributed by atoms with Crippen molar-refractivity contribution in [3.05, 3.63) is 0 Å². The molecule has 13 heteroatoms. The Morgan fingerprint density at radius 3 is 2.89 bits per heavy atom. The Kier molecular flexibility index (Phi) is 6.49. The monoisotopic (exact) mass is 407 g/mol. The van der Waals surface area contributed by atoms with Gasteiger partial charge in [0.1, 0.15) is 6.04 Å². The van der Waals surface area contributed by atoms with Gasteiger partial charge >= 0.3 is 16.4 Å². The van der Waals surface area contributed by atoms with E-state index in [9.17, 15) is 18.0 Å². The topological polar surface area (TPSA) is 141 Å².